The SMILES string of the molecule is COc1cccc(-n2sc3ncccc3c2=O)c1. The Morgan fingerprint density at radius 2 is 2.17 bits per heavy atom. The van der Waals surface area contributed by atoms with E-state index in [0.29, 0.717) is 5.39 Å². The van der Waals surface area contributed by atoms with Crippen LogP contribution in [0.1, 0.15) is 0 Å². The molecule has 90 valence electrons. The van der Waals surface area contributed by atoms with Gasteiger partial charge >= 0.3 is 0 Å². The Hall–Kier alpha value is -2.14. The molecule has 2 aromatic heterocycles. The standard InChI is InChI=1S/C13H10N2O2S/c1-17-10-5-2-4-9(8-10)15-13(16)11-6-3-7-14-12(11)18-15/h2-8H,1H3. The zero-order valence-corrected chi connectivity index (χ0v) is 10.5. The summed E-state index contributed by atoms with van der Waals surface area (Å²) in [4.78, 5) is 17.2. The molecule has 5 heteroatoms. The lowest BCUT2D eigenvalue weighted by molar-refractivity contribution is 0.414. The summed E-state index contributed by atoms with van der Waals surface area (Å²) in [6.07, 6.45) is 1.69. The number of hydrogen-bond acceptors (Lipinski definition) is 4. The van der Waals surface area contributed by atoms with Crippen LogP contribution in [0.2, 0.25) is 0 Å². The van der Waals surface area contributed by atoms with Gasteiger partial charge in [0.1, 0.15) is 10.6 Å². The molecular weight excluding hydrogens is 248 g/mol. The van der Waals surface area contributed by atoms with Gasteiger partial charge in [0.05, 0.1) is 18.2 Å². The van der Waals surface area contributed by atoms with Crippen LogP contribution in [0.25, 0.3) is 15.9 Å². The Morgan fingerprint density at radius 3 is 2.94 bits per heavy atom. The number of nitrogens with zero attached hydrogens (tertiary/aromatic N) is 2. The maximum Gasteiger partial charge on any atom is 0.274 e. The van der Waals surface area contributed by atoms with E-state index in [4.69, 9.17) is 4.74 Å². The first-order valence-electron chi connectivity index (χ1n) is 5.41. The predicted octanol–water partition coefficient (Wildman–Crippen LogP) is 2.46. The number of aromatic nitrogens is 2. The van der Waals surface area contributed by atoms with Gasteiger partial charge in [-0.2, -0.15) is 0 Å². The quantitative estimate of drug-likeness (QED) is 0.709. The molecule has 4 nitrogen and oxygen atoms in total. The Morgan fingerprint density at radius 1 is 1.28 bits per heavy atom. The number of pyridine rings is 1. The molecule has 0 radical (unpaired) electrons. The van der Waals surface area contributed by atoms with Gasteiger partial charge in [-0.1, -0.05) is 6.07 Å². The minimum atomic E-state index is -0.0450. The monoisotopic (exact) mass is 258 g/mol. The zero-order chi connectivity index (χ0) is 12.5. The molecule has 0 N–H and O–H groups in total. The maximum atomic E-state index is 12.2. The fourth-order valence-electron chi connectivity index (χ4n) is 1.77. The first-order valence-corrected chi connectivity index (χ1v) is 6.18. The van der Waals surface area contributed by atoms with Crippen molar-refractivity contribution in [3.63, 3.8) is 0 Å². The van der Waals surface area contributed by atoms with Crippen LogP contribution in [-0.4, -0.2) is 16.1 Å². The van der Waals surface area contributed by atoms with E-state index in [9.17, 15) is 4.79 Å². The zero-order valence-electron chi connectivity index (χ0n) is 9.66. The first kappa shape index (κ1) is 11.0. The van der Waals surface area contributed by atoms with Crippen LogP contribution in [0.3, 0.4) is 0 Å². The molecule has 0 aliphatic heterocycles. The highest BCUT2D eigenvalue weighted by Gasteiger charge is 2.09. The fraction of sp³-hybridized carbons (Fsp3) is 0.0769. The van der Waals surface area contributed by atoms with Gasteiger partial charge in [-0.3, -0.25) is 4.79 Å². The van der Waals surface area contributed by atoms with Crippen LogP contribution < -0.4 is 10.3 Å². The van der Waals surface area contributed by atoms with Crippen molar-refractivity contribution in [2.45, 2.75) is 0 Å². The summed E-state index contributed by atoms with van der Waals surface area (Å²) < 4.78 is 6.79. The van der Waals surface area contributed by atoms with E-state index in [1.807, 2.05) is 24.3 Å². The van der Waals surface area contributed by atoms with Gasteiger partial charge in [0.15, 0.2) is 0 Å². The van der Waals surface area contributed by atoms with Gasteiger partial charge in [-0.15, -0.1) is 0 Å². The van der Waals surface area contributed by atoms with Gasteiger partial charge in [0.2, 0.25) is 0 Å². The molecule has 18 heavy (non-hydrogen) atoms. The van der Waals surface area contributed by atoms with Crippen LogP contribution in [-0.2, 0) is 0 Å². The number of rotatable bonds is 2. The minimum absolute atomic E-state index is 0.0450. The summed E-state index contributed by atoms with van der Waals surface area (Å²) in [6.45, 7) is 0. The van der Waals surface area contributed by atoms with Gasteiger partial charge in [-0.25, -0.2) is 8.94 Å². The number of benzene rings is 1. The molecule has 0 unspecified atom stereocenters. The van der Waals surface area contributed by atoms with Crippen molar-refractivity contribution < 1.29 is 4.74 Å². The smallest absolute Gasteiger partial charge is 0.274 e. The van der Waals surface area contributed by atoms with Crippen molar-refractivity contribution in [1.29, 1.82) is 0 Å². The van der Waals surface area contributed by atoms with E-state index < -0.39 is 0 Å². The molecule has 3 rings (SSSR count). The molecular formula is C13H10N2O2S. The largest absolute Gasteiger partial charge is 0.497 e. The van der Waals surface area contributed by atoms with E-state index >= 15 is 0 Å². The highest BCUT2D eigenvalue weighted by molar-refractivity contribution is 7.13. The van der Waals surface area contributed by atoms with Crippen LogP contribution in [0, 0.1) is 0 Å². The van der Waals surface area contributed by atoms with E-state index in [0.717, 1.165) is 16.3 Å². The van der Waals surface area contributed by atoms with Gasteiger partial charge in [0.25, 0.3) is 5.56 Å². The van der Waals surface area contributed by atoms with E-state index in [-0.39, 0.29) is 5.56 Å². The lowest BCUT2D eigenvalue weighted by atomic mass is 10.3. The molecule has 0 spiro atoms. The Bertz CT molecular complexity index is 761. The molecule has 0 aliphatic carbocycles. The molecule has 0 saturated carbocycles. The second-order valence-corrected chi connectivity index (χ2v) is 4.68. The van der Waals surface area contributed by atoms with Crippen LogP contribution >= 0.6 is 11.5 Å². The van der Waals surface area contributed by atoms with Crippen molar-refractivity contribution in [2.24, 2.45) is 0 Å². The topological polar surface area (TPSA) is 44.1 Å². The lowest BCUT2D eigenvalue weighted by Gasteiger charge is -2.03. The lowest BCUT2D eigenvalue weighted by Crippen LogP contribution is -2.10. The first-order chi connectivity index (χ1) is 8.79. The van der Waals surface area contributed by atoms with Crippen molar-refractivity contribution in [3.8, 4) is 11.4 Å². The number of fused-ring (bicyclic) bond motifs is 1. The molecule has 1 aromatic carbocycles. The second-order valence-electron chi connectivity index (χ2n) is 3.75. The molecule has 0 bridgehead atoms. The van der Waals surface area contributed by atoms with Gasteiger partial charge < -0.3 is 4.74 Å². The third kappa shape index (κ3) is 1.69. The molecule has 0 aliphatic rings. The average molecular weight is 258 g/mol. The summed E-state index contributed by atoms with van der Waals surface area (Å²) in [5, 5.41) is 0.644. The van der Waals surface area contributed by atoms with Crippen molar-refractivity contribution in [2.75, 3.05) is 7.11 Å². The van der Waals surface area contributed by atoms with Crippen LogP contribution in [0.4, 0.5) is 0 Å². The van der Waals surface area contributed by atoms with E-state index in [1.165, 1.54) is 11.5 Å². The molecule has 0 amide bonds. The summed E-state index contributed by atoms with van der Waals surface area (Å²) in [5.74, 6) is 0.727. The molecule has 0 fully saturated rings. The number of ether oxygens (including phenoxy) is 1. The highest BCUT2D eigenvalue weighted by atomic mass is 32.1. The molecule has 3 aromatic rings. The van der Waals surface area contributed by atoms with Gasteiger partial charge in [0, 0.05) is 12.3 Å². The minimum Gasteiger partial charge on any atom is -0.497 e. The van der Waals surface area contributed by atoms with Crippen molar-refractivity contribution in [3.05, 3.63) is 52.9 Å². The third-order valence-corrected chi connectivity index (χ3v) is 3.71. The molecule has 0 saturated heterocycles. The molecule has 2 heterocycles. The normalized spacial score (nSPS) is 10.7. The average Bonchev–Trinajstić information content (AvgIpc) is 2.77. The highest BCUT2D eigenvalue weighted by Crippen LogP contribution is 2.20. The van der Waals surface area contributed by atoms with Crippen LogP contribution in [0.5, 0.6) is 5.75 Å². The number of methoxy groups -OCH3 is 1. The Labute approximate surface area is 107 Å². The fourth-order valence-corrected chi connectivity index (χ4v) is 2.71. The van der Waals surface area contributed by atoms with Gasteiger partial charge in [-0.05, 0) is 35.8 Å². The predicted molar refractivity (Wildman–Crippen MR) is 71.8 cm³/mol. The van der Waals surface area contributed by atoms with E-state index in [1.54, 1.807) is 29.4 Å². The summed E-state index contributed by atoms with van der Waals surface area (Å²) in [6, 6.07) is 11.0. The van der Waals surface area contributed by atoms with Crippen LogP contribution in [0.15, 0.2) is 47.4 Å². The second kappa shape index (κ2) is 4.27. The third-order valence-electron chi connectivity index (χ3n) is 2.65. The summed E-state index contributed by atoms with van der Waals surface area (Å²) in [7, 11) is 1.61. The van der Waals surface area contributed by atoms with E-state index in [2.05, 4.69) is 4.98 Å². The number of hydrogen-bond donors (Lipinski definition) is 0. The Kier molecular flexibility index (Phi) is 2.60. The summed E-state index contributed by atoms with van der Waals surface area (Å²) in [5.41, 5.74) is 0.749. The summed E-state index contributed by atoms with van der Waals surface area (Å²) >= 11 is 1.33. The van der Waals surface area contributed by atoms with Crippen molar-refractivity contribution >= 4 is 21.7 Å². The van der Waals surface area contributed by atoms with Crippen molar-refractivity contribution in [1.82, 2.24) is 8.94 Å². The molecule has 0 atom stereocenters. The maximum absolute atomic E-state index is 12.2. The Balaban J connectivity index is 2.25.